The second kappa shape index (κ2) is 7.32. The zero-order valence-electron chi connectivity index (χ0n) is 13.7. The molecule has 0 saturated carbocycles. The van der Waals surface area contributed by atoms with E-state index in [2.05, 4.69) is 12.1 Å². The van der Waals surface area contributed by atoms with E-state index in [1.807, 2.05) is 65.7 Å². The second-order valence-corrected chi connectivity index (χ2v) is 7.38. The van der Waals surface area contributed by atoms with Gasteiger partial charge in [-0.25, -0.2) is 0 Å². The molecule has 5 heteroatoms. The average molecular weight is 402 g/mol. The molecule has 1 aliphatic heterocycles. The molecule has 0 bridgehead atoms. The summed E-state index contributed by atoms with van der Waals surface area (Å²) in [6.07, 6.45) is 0.782. The van der Waals surface area contributed by atoms with Crippen LogP contribution in [0.3, 0.4) is 0 Å². The molecule has 26 heavy (non-hydrogen) atoms. The summed E-state index contributed by atoms with van der Waals surface area (Å²) in [6.45, 7) is 0. The highest BCUT2D eigenvalue weighted by Gasteiger charge is 2.30. The predicted molar refractivity (Wildman–Crippen MR) is 111 cm³/mol. The SMILES string of the molecule is Clc1ccc(N2N=C(c3ccc(Cl)c(Cl)c3)CC2c2ccccc2)cc1. The van der Waals surface area contributed by atoms with Crippen LogP contribution in [0.4, 0.5) is 5.69 Å². The molecule has 0 amide bonds. The van der Waals surface area contributed by atoms with Crippen LogP contribution in [-0.4, -0.2) is 5.71 Å². The van der Waals surface area contributed by atoms with Gasteiger partial charge in [0.15, 0.2) is 0 Å². The van der Waals surface area contributed by atoms with Gasteiger partial charge in [0.2, 0.25) is 0 Å². The number of anilines is 1. The molecule has 0 saturated heterocycles. The number of benzene rings is 3. The van der Waals surface area contributed by atoms with Crippen LogP contribution >= 0.6 is 34.8 Å². The predicted octanol–water partition coefficient (Wildman–Crippen LogP) is 7.00. The Morgan fingerprint density at radius 1 is 0.808 bits per heavy atom. The van der Waals surface area contributed by atoms with Crippen LogP contribution in [0.1, 0.15) is 23.6 Å². The van der Waals surface area contributed by atoms with Gasteiger partial charge in [0.1, 0.15) is 0 Å². The van der Waals surface area contributed by atoms with Crippen molar-refractivity contribution >= 4 is 46.2 Å². The number of nitrogens with zero attached hydrogens (tertiary/aromatic N) is 2. The van der Waals surface area contributed by atoms with Crippen LogP contribution in [0.25, 0.3) is 0 Å². The van der Waals surface area contributed by atoms with Crippen LogP contribution in [0.5, 0.6) is 0 Å². The fourth-order valence-electron chi connectivity index (χ4n) is 3.13. The quantitative estimate of drug-likeness (QED) is 0.461. The molecule has 1 unspecified atom stereocenters. The van der Waals surface area contributed by atoms with Gasteiger partial charge in [-0.05, 0) is 47.5 Å². The summed E-state index contributed by atoms with van der Waals surface area (Å²) >= 11 is 18.3. The van der Waals surface area contributed by atoms with Crippen molar-refractivity contribution in [3.63, 3.8) is 0 Å². The third-order valence-electron chi connectivity index (χ3n) is 4.44. The van der Waals surface area contributed by atoms with Gasteiger partial charge in [0.05, 0.1) is 27.5 Å². The highest BCUT2D eigenvalue weighted by Crippen LogP contribution is 2.37. The normalized spacial score (nSPS) is 16.7. The van der Waals surface area contributed by atoms with Crippen molar-refractivity contribution in [3.05, 3.63) is 99.0 Å². The smallest absolute Gasteiger partial charge is 0.0831 e. The highest BCUT2D eigenvalue weighted by atomic mass is 35.5. The van der Waals surface area contributed by atoms with E-state index >= 15 is 0 Å². The molecule has 3 aromatic carbocycles. The first kappa shape index (κ1) is 17.4. The maximum atomic E-state index is 6.20. The number of rotatable bonds is 3. The third-order valence-corrected chi connectivity index (χ3v) is 5.43. The van der Waals surface area contributed by atoms with Gasteiger partial charge in [0, 0.05) is 11.4 Å². The molecule has 0 aromatic heterocycles. The molecule has 1 atom stereocenters. The Balaban J connectivity index is 1.76. The summed E-state index contributed by atoms with van der Waals surface area (Å²) in [4.78, 5) is 0. The van der Waals surface area contributed by atoms with Crippen molar-refractivity contribution in [3.8, 4) is 0 Å². The van der Waals surface area contributed by atoms with E-state index in [4.69, 9.17) is 39.9 Å². The van der Waals surface area contributed by atoms with Gasteiger partial charge >= 0.3 is 0 Å². The Bertz CT molecular complexity index is 953. The highest BCUT2D eigenvalue weighted by molar-refractivity contribution is 6.42. The lowest BCUT2D eigenvalue weighted by Gasteiger charge is -2.24. The third kappa shape index (κ3) is 3.45. The summed E-state index contributed by atoms with van der Waals surface area (Å²) in [5.41, 5.74) is 4.17. The molecule has 130 valence electrons. The van der Waals surface area contributed by atoms with Crippen molar-refractivity contribution in [1.29, 1.82) is 0 Å². The molecule has 0 fully saturated rings. The average Bonchev–Trinajstić information content (AvgIpc) is 3.11. The minimum atomic E-state index is 0.113. The van der Waals surface area contributed by atoms with Gasteiger partial charge in [-0.3, -0.25) is 5.01 Å². The number of halogens is 3. The molecule has 1 aliphatic rings. The fraction of sp³-hybridized carbons (Fsp3) is 0.0952. The molecule has 3 aromatic rings. The van der Waals surface area contributed by atoms with Gasteiger partial charge in [-0.2, -0.15) is 5.10 Å². The second-order valence-electron chi connectivity index (χ2n) is 6.13. The summed E-state index contributed by atoms with van der Waals surface area (Å²) in [5, 5.41) is 8.72. The number of hydrazone groups is 1. The molecule has 0 spiro atoms. The molecule has 0 N–H and O–H groups in total. The van der Waals surface area contributed by atoms with Gasteiger partial charge in [0.25, 0.3) is 0 Å². The maximum Gasteiger partial charge on any atom is 0.0831 e. The zero-order chi connectivity index (χ0) is 18.1. The summed E-state index contributed by atoms with van der Waals surface area (Å²) < 4.78 is 0. The minimum Gasteiger partial charge on any atom is -0.257 e. The molecule has 2 nitrogen and oxygen atoms in total. The minimum absolute atomic E-state index is 0.113. The van der Waals surface area contributed by atoms with E-state index in [0.717, 1.165) is 23.4 Å². The fourth-order valence-corrected chi connectivity index (χ4v) is 3.55. The number of hydrogen-bond acceptors (Lipinski definition) is 2. The lowest BCUT2D eigenvalue weighted by Crippen LogP contribution is -2.18. The van der Waals surface area contributed by atoms with Crippen molar-refractivity contribution in [2.24, 2.45) is 5.10 Å². The van der Waals surface area contributed by atoms with E-state index in [1.165, 1.54) is 5.56 Å². The van der Waals surface area contributed by atoms with Crippen LogP contribution in [-0.2, 0) is 0 Å². The van der Waals surface area contributed by atoms with E-state index in [-0.39, 0.29) is 6.04 Å². The summed E-state index contributed by atoms with van der Waals surface area (Å²) in [7, 11) is 0. The van der Waals surface area contributed by atoms with E-state index in [0.29, 0.717) is 15.1 Å². The van der Waals surface area contributed by atoms with Crippen molar-refractivity contribution in [1.82, 2.24) is 0 Å². The first-order valence-electron chi connectivity index (χ1n) is 8.24. The first-order valence-corrected chi connectivity index (χ1v) is 9.38. The number of hydrogen-bond donors (Lipinski definition) is 0. The molecule has 4 rings (SSSR count). The van der Waals surface area contributed by atoms with Crippen LogP contribution in [0.15, 0.2) is 77.9 Å². The zero-order valence-corrected chi connectivity index (χ0v) is 16.0. The molecule has 0 aliphatic carbocycles. The Kier molecular flexibility index (Phi) is 4.90. The topological polar surface area (TPSA) is 15.6 Å². The lowest BCUT2D eigenvalue weighted by molar-refractivity contribution is 0.709. The van der Waals surface area contributed by atoms with Gasteiger partial charge in [-0.1, -0.05) is 71.2 Å². The molecular weight excluding hydrogens is 387 g/mol. The first-order chi connectivity index (χ1) is 12.6. The molecule has 1 heterocycles. The van der Waals surface area contributed by atoms with E-state index < -0.39 is 0 Å². The van der Waals surface area contributed by atoms with Crippen LogP contribution in [0.2, 0.25) is 15.1 Å². The Hall–Kier alpha value is -2.00. The van der Waals surface area contributed by atoms with E-state index in [9.17, 15) is 0 Å². The van der Waals surface area contributed by atoms with Gasteiger partial charge < -0.3 is 0 Å². The summed E-state index contributed by atoms with van der Waals surface area (Å²) in [5.74, 6) is 0. The molecular formula is C21H15Cl3N2. The van der Waals surface area contributed by atoms with Crippen LogP contribution in [0, 0.1) is 0 Å². The Morgan fingerprint density at radius 2 is 1.54 bits per heavy atom. The Labute approximate surface area is 167 Å². The summed E-state index contributed by atoms with van der Waals surface area (Å²) in [6, 6.07) is 23.9. The largest absolute Gasteiger partial charge is 0.257 e. The van der Waals surface area contributed by atoms with Crippen LogP contribution < -0.4 is 5.01 Å². The standard InChI is InChI=1S/C21H15Cl3N2/c22-16-7-9-17(10-8-16)26-21(14-4-2-1-3-5-14)13-20(25-26)15-6-11-18(23)19(24)12-15/h1-12,21H,13H2. The van der Waals surface area contributed by atoms with Crippen molar-refractivity contribution in [2.45, 2.75) is 12.5 Å². The lowest BCUT2D eigenvalue weighted by atomic mass is 9.98. The maximum absolute atomic E-state index is 6.20. The monoisotopic (exact) mass is 400 g/mol. The molecule has 0 radical (unpaired) electrons. The van der Waals surface area contributed by atoms with Crippen molar-refractivity contribution in [2.75, 3.05) is 5.01 Å². The van der Waals surface area contributed by atoms with E-state index in [1.54, 1.807) is 0 Å². The Morgan fingerprint density at radius 3 is 2.23 bits per heavy atom. The van der Waals surface area contributed by atoms with Crippen molar-refractivity contribution < 1.29 is 0 Å². The van der Waals surface area contributed by atoms with Gasteiger partial charge in [-0.15, -0.1) is 0 Å².